The van der Waals surface area contributed by atoms with Gasteiger partial charge >= 0.3 is 0 Å². The summed E-state index contributed by atoms with van der Waals surface area (Å²) in [6.07, 6.45) is 0.182. The lowest BCUT2D eigenvalue weighted by molar-refractivity contribution is 0.0532. The molecule has 2 aromatic rings. The van der Waals surface area contributed by atoms with Gasteiger partial charge in [0, 0.05) is 24.5 Å². The summed E-state index contributed by atoms with van der Waals surface area (Å²) in [5, 5.41) is 0.243. The summed E-state index contributed by atoms with van der Waals surface area (Å²) >= 11 is 6.02. The zero-order valence-corrected chi connectivity index (χ0v) is 16.2. The molecule has 140 valence electrons. The largest absolute Gasteiger partial charge is 0.495 e. The van der Waals surface area contributed by atoms with Crippen molar-refractivity contribution in [2.75, 3.05) is 36.4 Å². The smallest absolute Gasteiger partial charge is 0.261 e. The molecule has 0 amide bonds. The summed E-state index contributed by atoms with van der Waals surface area (Å²) in [4.78, 5) is 2.30. The number of ether oxygens (including phenoxy) is 2. The number of rotatable bonds is 5. The second-order valence-corrected chi connectivity index (χ2v) is 8.17. The predicted molar refractivity (Wildman–Crippen MR) is 103 cm³/mol. The number of hydrogen-bond acceptors (Lipinski definition) is 5. The van der Waals surface area contributed by atoms with E-state index in [0.717, 1.165) is 18.8 Å². The first kappa shape index (κ1) is 18.8. The highest BCUT2D eigenvalue weighted by Gasteiger charge is 2.18. The van der Waals surface area contributed by atoms with Crippen molar-refractivity contribution in [3.05, 3.63) is 47.5 Å². The Bertz CT molecular complexity index is 871. The van der Waals surface area contributed by atoms with Crippen LogP contribution in [0.5, 0.6) is 5.75 Å². The molecule has 26 heavy (non-hydrogen) atoms. The van der Waals surface area contributed by atoms with Crippen LogP contribution in [-0.2, 0) is 14.8 Å². The van der Waals surface area contributed by atoms with Crippen molar-refractivity contribution in [2.45, 2.75) is 17.9 Å². The number of anilines is 2. The molecular weight excluding hydrogens is 376 g/mol. The molecule has 0 spiro atoms. The van der Waals surface area contributed by atoms with E-state index in [4.69, 9.17) is 21.1 Å². The summed E-state index contributed by atoms with van der Waals surface area (Å²) in [5.74, 6) is 0.426. The Kier molecular flexibility index (Phi) is 5.60. The Morgan fingerprint density at radius 3 is 2.58 bits per heavy atom. The van der Waals surface area contributed by atoms with Crippen molar-refractivity contribution in [1.82, 2.24) is 0 Å². The molecule has 8 heteroatoms. The normalized spacial score (nSPS) is 17.8. The molecule has 0 aliphatic carbocycles. The molecular formula is C18H21ClN2O4S. The highest BCUT2D eigenvalue weighted by Crippen LogP contribution is 2.28. The second-order valence-electron chi connectivity index (χ2n) is 6.08. The number of halogens is 1. The van der Waals surface area contributed by atoms with Gasteiger partial charge in [0.15, 0.2) is 0 Å². The van der Waals surface area contributed by atoms with E-state index in [2.05, 4.69) is 9.62 Å². The lowest BCUT2D eigenvalue weighted by atomic mass is 10.2. The van der Waals surface area contributed by atoms with E-state index in [1.165, 1.54) is 25.3 Å². The number of nitrogens with one attached hydrogen (secondary N) is 1. The van der Waals surface area contributed by atoms with Gasteiger partial charge in [0.25, 0.3) is 10.0 Å². The van der Waals surface area contributed by atoms with E-state index >= 15 is 0 Å². The lowest BCUT2D eigenvalue weighted by Gasteiger charge is -2.33. The molecule has 1 N–H and O–H groups in total. The number of benzene rings is 2. The van der Waals surface area contributed by atoms with Crippen LogP contribution >= 0.6 is 11.6 Å². The van der Waals surface area contributed by atoms with Crippen molar-refractivity contribution in [3.63, 3.8) is 0 Å². The highest BCUT2D eigenvalue weighted by atomic mass is 35.5. The molecule has 0 bridgehead atoms. The molecule has 0 radical (unpaired) electrons. The molecule has 1 atom stereocenters. The summed E-state index contributed by atoms with van der Waals surface area (Å²) < 4.78 is 38.2. The van der Waals surface area contributed by atoms with Crippen LogP contribution in [0.1, 0.15) is 6.92 Å². The van der Waals surface area contributed by atoms with Gasteiger partial charge in [0.2, 0.25) is 0 Å². The number of morpholine rings is 1. The Morgan fingerprint density at radius 1 is 1.23 bits per heavy atom. The average Bonchev–Trinajstić information content (AvgIpc) is 2.62. The van der Waals surface area contributed by atoms with Gasteiger partial charge in [-0.25, -0.2) is 8.42 Å². The summed E-state index contributed by atoms with van der Waals surface area (Å²) in [7, 11) is -2.25. The Balaban J connectivity index is 1.74. The van der Waals surface area contributed by atoms with Crippen LogP contribution in [0, 0.1) is 0 Å². The van der Waals surface area contributed by atoms with Crippen molar-refractivity contribution in [2.24, 2.45) is 0 Å². The standard InChI is InChI=1S/C18H21ClN2O4S/c1-13-12-21(9-10-25-13)15-5-3-14(4-6-15)20-26(22,23)16-7-8-18(24-2)17(19)11-16/h3-8,11,13,20H,9-10,12H2,1-2H3. The van der Waals surface area contributed by atoms with Crippen molar-refractivity contribution in [3.8, 4) is 5.75 Å². The second kappa shape index (κ2) is 7.73. The zero-order valence-electron chi connectivity index (χ0n) is 14.6. The molecule has 6 nitrogen and oxygen atoms in total. The first-order chi connectivity index (χ1) is 12.4. The molecule has 1 heterocycles. The monoisotopic (exact) mass is 396 g/mol. The number of hydrogen-bond donors (Lipinski definition) is 1. The number of sulfonamides is 1. The van der Waals surface area contributed by atoms with Crippen LogP contribution in [0.3, 0.4) is 0 Å². The molecule has 2 aromatic carbocycles. The number of methoxy groups -OCH3 is 1. The fourth-order valence-corrected chi connectivity index (χ4v) is 4.23. The van der Waals surface area contributed by atoms with Crippen LogP contribution in [0.4, 0.5) is 11.4 Å². The van der Waals surface area contributed by atoms with Gasteiger partial charge in [0.05, 0.1) is 29.7 Å². The van der Waals surface area contributed by atoms with E-state index in [9.17, 15) is 8.42 Å². The molecule has 1 saturated heterocycles. The van der Waals surface area contributed by atoms with Gasteiger partial charge in [-0.2, -0.15) is 0 Å². The van der Waals surface area contributed by atoms with E-state index in [1.807, 2.05) is 19.1 Å². The van der Waals surface area contributed by atoms with Gasteiger partial charge in [-0.1, -0.05) is 11.6 Å². The fraction of sp³-hybridized carbons (Fsp3) is 0.333. The minimum Gasteiger partial charge on any atom is -0.495 e. The van der Waals surface area contributed by atoms with E-state index in [0.29, 0.717) is 18.0 Å². The van der Waals surface area contributed by atoms with E-state index in [-0.39, 0.29) is 16.0 Å². The topological polar surface area (TPSA) is 67.9 Å². The minimum absolute atomic E-state index is 0.0781. The maximum Gasteiger partial charge on any atom is 0.261 e. The van der Waals surface area contributed by atoms with Crippen molar-refractivity contribution in [1.29, 1.82) is 0 Å². The van der Waals surface area contributed by atoms with Gasteiger partial charge in [-0.15, -0.1) is 0 Å². The quantitative estimate of drug-likeness (QED) is 0.839. The molecule has 0 aromatic heterocycles. The van der Waals surface area contributed by atoms with Gasteiger partial charge < -0.3 is 14.4 Å². The zero-order chi connectivity index (χ0) is 18.7. The first-order valence-electron chi connectivity index (χ1n) is 8.22. The third kappa shape index (κ3) is 4.23. The molecule has 1 fully saturated rings. The molecule has 1 aliphatic rings. The third-order valence-electron chi connectivity index (χ3n) is 4.16. The fourth-order valence-electron chi connectivity index (χ4n) is 2.82. The summed E-state index contributed by atoms with van der Waals surface area (Å²) in [6, 6.07) is 11.6. The van der Waals surface area contributed by atoms with Crippen LogP contribution in [0.2, 0.25) is 5.02 Å². The van der Waals surface area contributed by atoms with Crippen LogP contribution in [-0.4, -0.2) is 41.3 Å². The predicted octanol–water partition coefficient (Wildman–Crippen LogP) is 3.37. The van der Waals surface area contributed by atoms with E-state index in [1.54, 1.807) is 12.1 Å². The Morgan fingerprint density at radius 2 is 1.96 bits per heavy atom. The number of nitrogens with zero attached hydrogens (tertiary/aromatic N) is 1. The molecule has 0 saturated carbocycles. The van der Waals surface area contributed by atoms with Crippen molar-refractivity contribution < 1.29 is 17.9 Å². The SMILES string of the molecule is COc1ccc(S(=O)(=O)Nc2ccc(N3CCOC(C)C3)cc2)cc1Cl. The first-order valence-corrected chi connectivity index (χ1v) is 10.1. The third-order valence-corrected chi connectivity index (χ3v) is 5.83. The molecule has 1 unspecified atom stereocenters. The van der Waals surface area contributed by atoms with E-state index < -0.39 is 10.0 Å². The lowest BCUT2D eigenvalue weighted by Crippen LogP contribution is -2.41. The van der Waals surface area contributed by atoms with Gasteiger partial charge in [-0.05, 0) is 49.4 Å². The maximum atomic E-state index is 12.5. The van der Waals surface area contributed by atoms with Gasteiger partial charge in [0.1, 0.15) is 5.75 Å². The molecule has 3 rings (SSSR count). The highest BCUT2D eigenvalue weighted by molar-refractivity contribution is 7.92. The van der Waals surface area contributed by atoms with Crippen molar-refractivity contribution >= 4 is 33.0 Å². The maximum absolute atomic E-state index is 12.5. The minimum atomic E-state index is -3.73. The Labute approximate surface area is 158 Å². The van der Waals surface area contributed by atoms with Crippen LogP contribution < -0.4 is 14.4 Å². The Hall–Kier alpha value is -1.96. The van der Waals surface area contributed by atoms with Crippen LogP contribution in [0.25, 0.3) is 0 Å². The average molecular weight is 397 g/mol. The van der Waals surface area contributed by atoms with Crippen LogP contribution in [0.15, 0.2) is 47.4 Å². The summed E-state index contributed by atoms with van der Waals surface area (Å²) in [5.41, 5.74) is 1.53. The summed E-state index contributed by atoms with van der Waals surface area (Å²) in [6.45, 7) is 4.36. The van der Waals surface area contributed by atoms with Gasteiger partial charge in [-0.3, -0.25) is 4.72 Å². The molecule has 1 aliphatic heterocycles.